The van der Waals surface area contributed by atoms with Gasteiger partial charge in [-0.25, -0.2) is 4.57 Å². The number of carboxylic acids is 1. The normalized spacial score (nSPS) is 18.8. The highest BCUT2D eigenvalue weighted by Gasteiger charge is 2.53. The van der Waals surface area contributed by atoms with Crippen molar-refractivity contribution in [2.75, 3.05) is 35.3 Å². The van der Waals surface area contributed by atoms with E-state index in [9.17, 15) is 19.5 Å². The predicted molar refractivity (Wildman–Crippen MR) is 144 cm³/mol. The van der Waals surface area contributed by atoms with E-state index in [0.717, 1.165) is 16.4 Å². The molecular formula is C21H24N10O5S3. The highest BCUT2D eigenvalue weighted by Crippen LogP contribution is 2.41. The van der Waals surface area contributed by atoms with Crippen LogP contribution in [0.1, 0.15) is 12.7 Å². The molecule has 0 saturated carbocycles. The first-order valence-electron chi connectivity index (χ1n) is 11.3. The number of carboxylic acid groups (broad SMARTS) is 1. The van der Waals surface area contributed by atoms with Crippen LogP contribution in [-0.4, -0.2) is 72.3 Å². The Morgan fingerprint density at radius 1 is 1.41 bits per heavy atom. The number of nitrogens with one attached hydrogen (secondary N) is 1. The fourth-order valence-corrected chi connectivity index (χ4v) is 6.71. The van der Waals surface area contributed by atoms with Crippen LogP contribution in [0, 0.1) is 0 Å². The van der Waals surface area contributed by atoms with E-state index >= 15 is 0 Å². The van der Waals surface area contributed by atoms with Gasteiger partial charge in [0.25, 0.3) is 11.8 Å². The number of allylic oxidation sites excluding steroid dienone is 1. The second-order valence-electron chi connectivity index (χ2n) is 7.99. The lowest BCUT2D eigenvalue weighted by Gasteiger charge is -2.50. The van der Waals surface area contributed by atoms with Crippen molar-refractivity contribution < 1.29 is 28.9 Å². The number of hydrogen-bond donors (Lipinski definition) is 4. The number of carbonyl (C=O) groups excluding carboxylic acids is 3. The molecule has 1 fully saturated rings. The highest BCUT2D eigenvalue weighted by atomic mass is 32.2. The van der Waals surface area contributed by atoms with Crippen LogP contribution in [-0.2, 0) is 25.8 Å². The van der Waals surface area contributed by atoms with Crippen LogP contribution in [0.25, 0.3) is 0 Å². The van der Waals surface area contributed by atoms with Crippen LogP contribution in [0.5, 0.6) is 0 Å². The van der Waals surface area contributed by atoms with E-state index in [4.69, 9.17) is 22.0 Å². The number of rotatable bonds is 11. The van der Waals surface area contributed by atoms with Crippen molar-refractivity contribution in [3.63, 3.8) is 0 Å². The predicted octanol–water partition coefficient (Wildman–Crippen LogP) is -1.91. The molecule has 18 heteroatoms. The summed E-state index contributed by atoms with van der Waals surface area (Å²) in [5.74, 6) is -1.91. The lowest BCUT2D eigenvalue weighted by atomic mass is 10.0. The number of aromatic nitrogens is 4. The van der Waals surface area contributed by atoms with E-state index in [0.29, 0.717) is 23.1 Å². The molecule has 2 aliphatic rings. The number of oxime groups is 1. The lowest BCUT2D eigenvalue weighted by Crippen LogP contribution is -2.71. The fourth-order valence-electron chi connectivity index (χ4n) is 3.75. The quantitative estimate of drug-likeness (QED) is 0.0425. The van der Waals surface area contributed by atoms with Crippen LogP contribution in [0.15, 0.2) is 40.3 Å². The highest BCUT2D eigenvalue weighted by molar-refractivity contribution is 8.01. The summed E-state index contributed by atoms with van der Waals surface area (Å²) in [5, 5.41) is 18.4. The first-order chi connectivity index (χ1) is 18.7. The summed E-state index contributed by atoms with van der Waals surface area (Å²) >= 11 is 3.38. The van der Waals surface area contributed by atoms with Gasteiger partial charge in [0.2, 0.25) is 23.2 Å². The number of thioether (sulfide) groups is 2. The van der Waals surface area contributed by atoms with Gasteiger partial charge in [-0.3, -0.25) is 14.5 Å². The van der Waals surface area contributed by atoms with Gasteiger partial charge in [-0.05, 0) is 24.3 Å². The Morgan fingerprint density at radius 3 is 2.82 bits per heavy atom. The minimum Gasteiger partial charge on any atom is -0.543 e. The van der Waals surface area contributed by atoms with Crippen molar-refractivity contribution >= 4 is 75.3 Å². The molecule has 39 heavy (non-hydrogen) atoms. The van der Waals surface area contributed by atoms with Crippen LogP contribution in [0.2, 0.25) is 0 Å². The Kier molecular flexibility index (Phi) is 8.56. The second kappa shape index (κ2) is 11.9. The van der Waals surface area contributed by atoms with Gasteiger partial charge in [-0.2, -0.15) is 9.36 Å². The van der Waals surface area contributed by atoms with Crippen LogP contribution < -0.4 is 32.2 Å². The summed E-state index contributed by atoms with van der Waals surface area (Å²) in [6, 6.07) is 0.497. The third kappa shape index (κ3) is 5.76. The van der Waals surface area contributed by atoms with E-state index in [1.807, 2.05) is 0 Å². The maximum Gasteiger partial charge on any atom is 0.301 e. The number of hydrogen-bond acceptors (Lipinski definition) is 15. The SMILES string of the molecule is C=CC[n+]1c(N)cc(N)nc1SCC1=C(C(=O)[O-])N2C(=O)C(NC(=O)/C(=N\OCC)c3nsc(N)n3)[C@H]2SC1. The molecule has 7 N–H and O–H groups in total. The van der Waals surface area contributed by atoms with E-state index in [1.165, 1.54) is 29.6 Å². The number of carbonyl (C=O) groups is 3. The van der Waals surface area contributed by atoms with Gasteiger partial charge in [-0.1, -0.05) is 22.8 Å². The first kappa shape index (κ1) is 28.1. The first-order valence-corrected chi connectivity index (χ1v) is 14.1. The van der Waals surface area contributed by atoms with Gasteiger partial charge in [0, 0.05) is 23.0 Å². The molecule has 2 amide bonds. The van der Waals surface area contributed by atoms with E-state index < -0.39 is 29.2 Å². The molecule has 0 spiro atoms. The number of nitrogens with zero attached hydrogens (tertiary/aromatic N) is 6. The number of nitrogens with two attached hydrogens (primary N) is 3. The Labute approximate surface area is 234 Å². The van der Waals surface area contributed by atoms with Gasteiger partial charge in [0.05, 0.1) is 24.3 Å². The molecule has 0 bridgehead atoms. The summed E-state index contributed by atoms with van der Waals surface area (Å²) in [6.07, 6.45) is 1.64. The number of aliphatic carboxylic acids is 1. The van der Waals surface area contributed by atoms with Crippen LogP contribution >= 0.6 is 35.1 Å². The number of fused-ring (bicyclic) bond motifs is 1. The minimum absolute atomic E-state index is 0.0532. The zero-order valence-electron chi connectivity index (χ0n) is 20.5. The number of β-lactam (4-membered cyclic amide) rings is 1. The molecule has 2 aromatic heterocycles. The van der Waals surface area contributed by atoms with Crippen molar-refractivity contribution in [1.82, 2.24) is 24.6 Å². The molecule has 0 aliphatic carbocycles. The average Bonchev–Trinajstić information content (AvgIpc) is 3.32. The maximum absolute atomic E-state index is 13.1. The molecule has 15 nitrogen and oxygen atoms in total. The van der Waals surface area contributed by atoms with Crippen LogP contribution in [0.4, 0.5) is 16.8 Å². The molecule has 1 unspecified atom stereocenters. The molecule has 0 radical (unpaired) electrons. The summed E-state index contributed by atoms with van der Waals surface area (Å²) in [7, 11) is 0. The Bertz CT molecular complexity index is 1390. The maximum atomic E-state index is 13.1. The molecule has 0 aromatic carbocycles. The van der Waals surface area contributed by atoms with E-state index in [2.05, 4.69) is 31.4 Å². The van der Waals surface area contributed by atoms with Crippen molar-refractivity contribution in [1.29, 1.82) is 0 Å². The number of nitrogen functional groups attached to an aromatic ring is 3. The average molecular weight is 593 g/mol. The van der Waals surface area contributed by atoms with Gasteiger partial charge in [0.15, 0.2) is 5.13 Å². The molecule has 2 aromatic rings. The van der Waals surface area contributed by atoms with E-state index in [-0.39, 0.29) is 46.3 Å². The summed E-state index contributed by atoms with van der Waals surface area (Å²) in [5.41, 5.74) is 17.4. The third-order valence-corrected chi connectivity index (χ3v) is 8.38. The van der Waals surface area contributed by atoms with Gasteiger partial charge in [0.1, 0.15) is 18.0 Å². The van der Waals surface area contributed by atoms with Gasteiger partial charge >= 0.3 is 5.16 Å². The smallest absolute Gasteiger partial charge is 0.301 e. The number of anilines is 3. The Balaban J connectivity index is 1.52. The van der Waals surface area contributed by atoms with Crippen LogP contribution in [0.3, 0.4) is 0 Å². The molecule has 2 atom stereocenters. The molecule has 2 aliphatic heterocycles. The van der Waals surface area contributed by atoms with Crippen molar-refractivity contribution in [2.24, 2.45) is 5.16 Å². The Hall–Kier alpha value is -3.90. The topological polar surface area (TPSA) is 232 Å². The monoisotopic (exact) mass is 592 g/mol. The van der Waals surface area contributed by atoms with Gasteiger partial charge < -0.3 is 37.3 Å². The molecule has 1 saturated heterocycles. The summed E-state index contributed by atoms with van der Waals surface area (Å²) in [4.78, 5) is 52.5. The number of amides is 2. The van der Waals surface area contributed by atoms with Crippen molar-refractivity contribution in [3.8, 4) is 0 Å². The van der Waals surface area contributed by atoms with Crippen molar-refractivity contribution in [2.45, 2.75) is 30.0 Å². The van der Waals surface area contributed by atoms with Gasteiger partial charge in [-0.15, -0.1) is 11.8 Å². The zero-order chi connectivity index (χ0) is 28.3. The minimum atomic E-state index is -1.51. The second-order valence-corrected chi connectivity index (χ2v) is 10.8. The molecular weight excluding hydrogens is 568 g/mol. The third-order valence-electron chi connectivity index (χ3n) is 5.43. The lowest BCUT2D eigenvalue weighted by molar-refractivity contribution is -0.713. The molecule has 206 valence electrons. The standard InChI is InChI=1S/C21H24N10O5S3/c1-3-5-30-11(23)6-10(22)25-21(30)38-8-9-7-37-18-13(17(33)31(18)14(9)19(34)35)26-16(32)12(28-36-4-2)15-27-20(24)39-29-15/h3,6,13,18H,1,4-5,7-8H2,2H3,(H7,22,23,24,26,27,29,32,34,35)/b28-12-/t13?,18-/m1/s1. The van der Waals surface area contributed by atoms with E-state index in [1.54, 1.807) is 17.6 Å². The largest absolute Gasteiger partial charge is 0.543 e. The summed E-state index contributed by atoms with van der Waals surface area (Å²) in [6.45, 7) is 5.93. The zero-order valence-corrected chi connectivity index (χ0v) is 23.0. The van der Waals surface area contributed by atoms with Crippen molar-refractivity contribution in [3.05, 3.63) is 35.8 Å². The molecule has 4 rings (SSSR count). The fraction of sp³-hybridized carbons (Fsp3) is 0.333. The summed E-state index contributed by atoms with van der Waals surface area (Å²) < 4.78 is 5.65. The Morgan fingerprint density at radius 2 is 2.18 bits per heavy atom. The molecule has 4 heterocycles.